The van der Waals surface area contributed by atoms with Gasteiger partial charge < -0.3 is 5.32 Å². The molecule has 4 nitrogen and oxygen atoms in total. The molecule has 0 saturated heterocycles. The molecule has 2 rings (SSSR count). The topological polar surface area (TPSA) is 57.8 Å². The van der Waals surface area contributed by atoms with Gasteiger partial charge in [0.25, 0.3) is 5.56 Å². The van der Waals surface area contributed by atoms with Gasteiger partial charge in [0.05, 0.1) is 10.7 Å². The van der Waals surface area contributed by atoms with Crippen LogP contribution in [-0.2, 0) is 6.42 Å². The van der Waals surface area contributed by atoms with E-state index in [2.05, 4.69) is 22.2 Å². The maximum Gasteiger partial charge on any atom is 0.255 e. The highest BCUT2D eigenvalue weighted by Crippen LogP contribution is 2.27. The lowest BCUT2D eigenvalue weighted by Crippen LogP contribution is -2.18. The number of hydrogen-bond acceptors (Lipinski definition) is 3. The van der Waals surface area contributed by atoms with Gasteiger partial charge in [-0.2, -0.15) is 0 Å². The molecule has 6 heteroatoms. The first-order chi connectivity index (χ1) is 10.5. The monoisotopic (exact) mass is 339 g/mol. The van der Waals surface area contributed by atoms with Crippen molar-refractivity contribution in [3.05, 3.63) is 49.9 Å². The predicted octanol–water partition coefficient (Wildman–Crippen LogP) is 4.86. The van der Waals surface area contributed by atoms with Gasteiger partial charge in [-0.25, -0.2) is 4.98 Å². The zero-order chi connectivity index (χ0) is 16.1. The van der Waals surface area contributed by atoms with Crippen LogP contribution in [0.5, 0.6) is 0 Å². The summed E-state index contributed by atoms with van der Waals surface area (Å²) in [5.74, 6) is 0.381. The number of aromatic amines is 1. The molecule has 1 aromatic heterocycles. The first-order valence-corrected chi connectivity index (χ1v) is 8.08. The van der Waals surface area contributed by atoms with Crippen LogP contribution in [0.1, 0.15) is 37.4 Å². The number of halogens is 2. The minimum absolute atomic E-state index is 0.101. The number of aromatic nitrogens is 2. The van der Waals surface area contributed by atoms with Crippen LogP contribution in [0.25, 0.3) is 0 Å². The maximum atomic E-state index is 12.2. The molecule has 0 saturated carbocycles. The van der Waals surface area contributed by atoms with Crippen molar-refractivity contribution in [2.45, 2.75) is 39.5 Å². The number of nitrogens with one attached hydrogen (secondary N) is 2. The van der Waals surface area contributed by atoms with Crippen molar-refractivity contribution in [3.63, 3.8) is 0 Å². The van der Waals surface area contributed by atoms with Gasteiger partial charge in [-0.3, -0.25) is 9.78 Å². The quantitative estimate of drug-likeness (QED) is 0.738. The molecule has 0 bridgehead atoms. The fourth-order valence-electron chi connectivity index (χ4n) is 2.23. The lowest BCUT2D eigenvalue weighted by atomic mass is 10.1. The van der Waals surface area contributed by atoms with E-state index in [0.29, 0.717) is 21.7 Å². The summed E-state index contributed by atoms with van der Waals surface area (Å²) in [5.41, 5.74) is 2.04. The molecule has 1 aromatic carbocycles. The van der Waals surface area contributed by atoms with E-state index in [1.165, 1.54) is 0 Å². The molecule has 0 amide bonds. The number of unbranched alkanes of at least 4 members (excludes halogenated alkanes) is 2. The molecule has 0 spiro atoms. The second-order valence-corrected chi connectivity index (χ2v) is 6.03. The Morgan fingerprint density at radius 2 is 2.05 bits per heavy atom. The Labute approximate surface area is 139 Å². The summed E-state index contributed by atoms with van der Waals surface area (Å²) in [7, 11) is 0. The van der Waals surface area contributed by atoms with Crippen LogP contribution in [0, 0.1) is 6.92 Å². The summed E-state index contributed by atoms with van der Waals surface area (Å²) < 4.78 is 0. The molecule has 0 aliphatic rings. The Morgan fingerprint density at radius 1 is 1.27 bits per heavy atom. The van der Waals surface area contributed by atoms with Crippen molar-refractivity contribution in [2.24, 2.45) is 0 Å². The Balaban J connectivity index is 2.21. The molecule has 2 N–H and O–H groups in total. The fraction of sp³-hybridized carbons (Fsp3) is 0.375. The highest BCUT2D eigenvalue weighted by atomic mass is 35.5. The van der Waals surface area contributed by atoms with E-state index in [-0.39, 0.29) is 5.56 Å². The fourth-order valence-corrected chi connectivity index (χ4v) is 2.69. The molecule has 0 atom stereocenters. The predicted molar refractivity (Wildman–Crippen MR) is 92.6 cm³/mol. The number of hydrogen-bond donors (Lipinski definition) is 2. The van der Waals surface area contributed by atoms with Crippen molar-refractivity contribution in [1.82, 2.24) is 9.97 Å². The van der Waals surface area contributed by atoms with Gasteiger partial charge in [0.1, 0.15) is 0 Å². The highest BCUT2D eigenvalue weighted by Gasteiger charge is 2.09. The molecule has 2 aromatic rings. The first kappa shape index (κ1) is 16.8. The maximum absolute atomic E-state index is 12.2. The van der Waals surface area contributed by atoms with Gasteiger partial charge in [0.2, 0.25) is 5.95 Å². The van der Waals surface area contributed by atoms with Crippen molar-refractivity contribution in [3.8, 4) is 0 Å². The van der Waals surface area contributed by atoms with Crippen LogP contribution < -0.4 is 10.9 Å². The first-order valence-electron chi connectivity index (χ1n) is 7.33. The summed E-state index contributed by atoms with van der Waals surface area (Å²) in [5, 5.41) is 4.05. The van der Waals surface area contributed by atoms with Gasteiger partial charge in [0.15, 0.2) is 0 Å². The average Bonchev–Trinajstić information content (AvgIpc) is 2.45. The lowest BCUT2D eigenvalue weighted by molar-refractivity contribution is 0.707. The Hall–Kier alpha value is -1.52. The SMILES string of the molecule is CCCCCc1c(C)nc(Nc2ccc(Cl)cc2Cl)[nH]c1=O. The zero-order valence-electron chi connectivity index (χ0n) is 12.7. The van der Waals surface area contributed by atoms with Crippen LogP contribution in [0.2, 0.25) is 10.0 Å². The van der Waals surface area contributed by atoms with Crippen LogP contribution in [0.4, 0.5) is 11.6 Å². The highest BCUT2D eigenvalue weighted by molar-refractivity contribution is 6.36. The standard InChI is InChI=1S/C16H19Cl2N3O/c1-3-4-5-6-12-10(2)19-16(21-15(12)22)20-14-8-7-11(17)9-13(14)18/h7-9H,3-6H2,1-2H3,(H2,19,20,21,22). The molecule has 0 aliphatic heterocycles. The van der Waals surface area contributed by atoms with Crippen molar-refractivity contribution in [1.29, 1.82) is 0 Å². The minimum Gasteiger partial charge on any atom is -0.324 e. The third-order valence-corrected chi connectivity index (χ3v) is 3.98. The summed E-state index contributed by atoms with van der Waals surface area (Å²) in [6, 6.07) is 5.10. The van der Waals surface area contributed by atoms with Gasteiger partial charge in [-0.1, -0.05) is 43.0 Å². The number of rotatable bonds is 6. The molecule has 22 heavy (non-hydrogen) atoms. The second-order valence-electron chi connectivity index (χ2n) is 5.18. The van der Waals surface area contributed by atoms with E-state index >= 15 is 0 Å². The van der Waals surface area contributed by atoms with E-state index in [1.54, 1.807) is 18.2 Å². The zero-order valence-corrected chi connectivity index (χ0v) is 14.2. The number of benzene rings is 1. The van der Waals surface area contributed by atoms with E-state index in [1.807, 2.05) is 6.92 Å². The molecule has 0 aliphatic carbocycles. The number of nitrogens with zero attached hydrogens (tertiary/aromatic N) is 1. The Bertz CT molecular complexity index is 713. The molecule has 118 valence electrons. The number of anilines is 2. The van der Waals surface area contributed by atoms with E-state index < -0.39 is 0 Å². The summed E-state index contributed by atoms with van der Waals surface area (Å²) in [6.45, 7) is 3.99. The summed E-state index contributed by atoms with van der Waals surface area (Å²) in [6.07, 6.45) is 3.99. The Kier molecular flexibility index (Phi) is 5.86. The second kappa shape index (κ2) is 7.65. The van der Waals surface area contributed by atoms with Crippen molar-refractivity contribution >= 4 is 34.8 Å². The lowest BCUT2D eigenvalue weighted by Gasteiger charge is -2.10. The average molecular weight is 340 g/mol. The molecule has 0 radical (unpaired) electrons. The van der Waals surface area contributed by atoms with Crippen LogP contribution >= 0.6 is 23.2 Å². The van der Waals surface area contributed by atoms with Crippen LogP contribution in [0.15, 0.2) is 23.0 Å². The smallest absolute Gasteiger partial charge is 0.255 e. The minimum atomic E-state index is -0.101. The largest absolute Gasteiger partial charge is 0.324 e. The van der Waals surface area contributed by atoms with E-state index in [4.69, 9.17) is 23.2 Å². The van der Waals surface area contributed by atoms with Crippen molar-refractivity contribution in [2.75, 3.05) is 5.32 Å². The Morgan fingerprint density at radius 3 is 2.68 bits per heavy atom. The van der Waals surface area contributed by atoms with Gasteiger partial charge >= 0.3 is 0 Å². The third-order valence-electron chi connectivity index (χ3n) is 3.44. The molecular formula is C16H19Cl2N3O. The molecule has 1 heterocycles. The van der Waals surface area contributed by atoms with Gasteiger partial charge in [-0.15, -0.1) is 0 Å². The summed E-state index contributed by atoms with van der Waals surface area (Å²) in [4.78, 5) is 19.4. The third kappa shape index (κ3) is 4.24. The van der Waals surface area contributed by atoms with E-state index in [9.17, 15) is 4.79 Å². The van der Waals surface area contributed by atoms with Gasteiger partial charge in [-0.05, 0) is 38.0 Å². The van der Waals surface area contributed by atoms with Crippen molar-refractivity contribution < 1.29 is 0 Å². The van der Waals surface area contributed by atoms with Crippen LogP contribution in [-0.4, -0.2) is 9.97 Å². The summed E-state index contributed by atoms with van der Waals surface area (Å²) >= 11 is 12.0. The molecular weight excluding hydrogens is 321 g/mol. The van der Waals surface area contributed by atoms with Crippen LogP contribution in [0.3, 0.4) is 0 Å². The molecule has 0 unspecified atom stereocenters. The molecule has 0 fully saturated rings. The normalized spacial score (nSPS) is 10.7. The number of H-pyrrole nitrogens is 1. The van der Waals surface area contributed by atoms with Gasteiger partial charge in [0, 0.05) is 16.3 Å². The number of aryl methyl sites for hydroxylation is 1. The van der Waals surface area contributed by atoms with E-state index in [0.717, 1.165) is 36.9 Å².